The first-order valence-corrected chi connectivity index (χ1v) is 8.48. The number of hydrogen-bond acceptors (Lipinski definition) is 3. The van der Waals surface area contributed by atoms with Crippen molar-refractivity contribution in [3.63, 3.8) is 0 Å². The highest BCUT2D eigenvalue weighted by molar-refractivity contribution is 5.75. The molecule has 4 rings (SSSR count). The molecule has 3 aromatic heterocycles. The number of fused-ring (bicyclic) bond motifs is 1. The number of aromatic amines is 1. The summed E-state index contributed by atoms with van der Waals surface area (Å²) in [7, 11) is 0. The Morgan fingerprint density at radius 1 is 1.13 bits per heavy atom. The van der Waals surface area contributed by atoms with Crippen molar-refractivity contribution in [2.24, 2.45) is 0 Å². The first-order chi connectivity index (χ1) is 11.2. The number of pyridine rings is 1. The van der Waals surface area contributed by atoms with E-state index in [1.807, 2.05) is 6.92 Å². The van der Waals surface area contributed by atoms with E-state index in [0.717, 1.165) is 28.5 Å². The van der Waals surface area contributed by atoms with Crippen molar-refractivity contribution in [3.05, 3.63) is 35.9 Å². The monoisotopic (exact) mass is 309 g/mol. The number of anilines is 1. The van der Waals surface area contributed by atoms with E-state index in [4.69, 9.17) is 4.98 Å². The summed E-state index contributed by atoms with van der Waals surface area (Å²) in [6.07, 6.45) is 10.3. The van der Waals surface area contributed by atoms with Gasteiger partial charge in [-0.25, -0.2) is 9.97 Å². The predicted molar refractivity (Wildman–Crippen MR) is 92.7 cm³/mol. The second kappa shape index (κ2) is 5.72. The van der Waals surface area contributed by atoms with E-state index in [1.165, 1.54) is 37.7 Å². The smallest absolute Gasteiger partial charge is 0.140 e. The highest BCUT2D eigenvalue weighted by atomic mass is 15.2. The van der Waals surface area contributed by atoms with Crippen LogP contribution in [0.15, 0.2) is 24.7 Å². The van der Waals surface area contributed by atoms with Gasteiger partial charge in [0.15, 0.2) is 0 Å². The van der Waals surface area contributed by atoms with E-state index in [2.05, 4.69) is 44.9 Å². The maximum Gasteiger partial charge on any atom is 0.140 e. The molecule has 1 aliphatic rings. The molecule has 0 atom stereocenters. The molecule has 0 aromatic carbocycles. The Labute approximate surface area is 136 Å². The van der Waals surface area contributed by atoms with Gasteiger partial charge >= 0.3 is 0 Å². The van der Waals surface area contributed by atoms with Gasteiger partial charge in [-0.05, 0) is 38.3 Å². The van der Waals surface area contributed by atoms with Crippen LogP contribution in [0.25, 0.3) is 17.0 Å². The van der Waals surface area contributed by atoms with Crippen molar-refractivity contribution in [1.82, 2.24) is 19.4 Å². The van der Waals surface area contributed by atoms with Crippen molar-refractivity contribution in [3.8, 4) is 11.4 Å². The molecule has 0 unspecified atom stereocenters. The topological polar surface area (TPSA) is 58.0 Å². The minimum atomic E-state index is 0.530. The van der Waals surface area contributed by atoms with Crippen LogP contribution in [0.5, 0.6) is 0 Å². The van der Waals surface area contributed by atoms with E-state index in [9.17, 15) is 0 Å². The maximum atomic E-state index is 4.84. The summed E-state index contributed by atoms with van der Waals surface area (Å²) in [5.41, 5.74) is 5.12. The van der Waals surface area contributed by atoms with Gasteiger partial charge in [-0.1, -0.05) is 25.3 Å². The Hall–Kier alpha value is -2.30. The molecular weight excluding hydrogens is 286 g/mol. The zero-order valence-electron chi connectivity index (χ0n) is 13.8. The molecule has 3 heterocycles. The summed E-state index contributed by atoms with van der Waals surface area (Å²) in [5.74, 6) is 1.07. The third-order valence-corrected chi connectivity index (χ3v) is 4.77. The molecule has 1 saturated carbocycles. The molecular formula is C18H23N5. The average molecular weight is 309 g/mol. The molecule has 0 bridgehead atoms. The van der Waals surface area contributed by atoms with E-state index in [0.29, 0.717) is 6.04 Å². The van der Waals surface area contributed by atoms with Crippen LogP contribution in [0.2, 0.25) is 0 Å². The zero-order valence-corrected chi connectivity index (χ0v) is 13.8. The Kier molecular flexibility index (Phi) is 3.56. The van der Waals surface area contributed by atoms with E-state index in [1.54, 1.807) is 6.33 Å². The highest BCUT2D eigenvalue weighted by Crippen LogP contribution is 2.31. The third-order valence-electron chi connectivity index (χ3n) is 4.77. The normalized spacial score (nSPS) is 16.1. The first kappa shape index (κ1) is 14.3. The van der Waals surface area contributed by atoms with Crippen LogP contribution < -0.4 is 5.32 Å². The van der Waals surface area contributed by atoms with Gasteiger partial charge in [-0.15, -0.1) is 0 Å². The van der Waals surface area contributed by atoms with Crippen LogP contribution in [0.4, 0.5) is 5.82 Å². The molecule has 1 aliphatic carbocycles. The molecule has 5 nitrogen and oxygen atoms in total. The fraction of sp³-hybridized carbons (Fsp3) is 0.444. The number of imidazole rings is 2. The highest BCUT2D eigenvalue weighted by Gasteiger charge is 2.21. The minimum absolute atomic E-state index is 0.530. The van der Waals surface area contributed by atoms with Gasteiger partial charge in [0, 0.05) is 17.9 Å². The number of nitrogens with zero attached hydrogens (tertiary/aromatic N) is 3. The van der Waals surface area contributed by atoms with Crippen molar-refractivity contribution >= 4 is 11.5 Å². The number of aromatic nitrogens is 4. The van der Waals surface area contributed by atoms with Crippen molar-refractivity contribution in [1.29, 1.82) is 0 Å². The van der Waals surface area contributed by atoms with Gasteiger partial charge < -0.3 is 10.3 Å². The Bertz CT molecular complexity index is 823. The van der Waals surface area contributed by atoms with Crippen LogP contribution in [0.3, 0.4) is 0 Å². The fourth-order valence-corrected chi connectivity index (χ4v) is 3.49. The SMILES string of the molecule is Cc1ccc2nc(-c3nc[nH]c3C)c(NC3CCCCC3)n2c1. The second-order valence-corrected chi connectivity index (χ2v) is 6.60. The van der Waals surface area contributed by atoms with Gasteiger partial charge in [-0.2, -0.15) is 0 Å². The Morgan fingerprint density at radius 2 is 1.96 bits per heavy atom. The molecule has 0 amide bonds. The van der Waals surface area contributed by atoms with Gasteiger partial charge in [0.2, 0.25) is 0 Å². The average Bonchev–Trinajstić information content (AvgIpc) is 3.12. The molecule has 1 fully saturated rings. The lowest BCUT2D eigenvalue weighted by Crippen LogP contribution is -2.23. The van der Waals surface area contributed by atoms with Crippen LogP contribution >= 0.6 is 0 Å². The van der Waals surface area contributed by atoms with Gasteiger partial charge in [0.25, 0.3) is 0 Å². The van der Waals surface area contributed by atoms with Crippen LogP contribution in [-0.2, 0) is 0 Å². The Morgan fingerprint density at radius 3 is 2.70 bits per heavy atom. The number of rotatable bonds is 3. The van der Waals surface area contributed by atoms with Crippen molar-refractivity contribution in [2.45, 2.75) is 52.0 Å². The maximum absolute atomic E-state index is 4.84. The van der Waals surface area contributed by atoms with Crippen LogP contribution in [-0.4, -0.2) is 25.4 Å². The molecule has 120 valence electrons. The van der Waals surface area contributed by atoms with Gasteiger partial charge in [0.1, 0.15) is 22.9 Å². The summed E-state index contributed by atoms with van der Waals surface area (Å²) >= 11 is 0. The van der Waals surface area contributed by atoms with Gasteiger partial charge in [-0.3, -0.25) is 4.40 Å². The van der Waals surface area contributed by atoms with Gasteiger partial charge in [0.05, 0.1) is 6.33 Å². The van der Waals surface area contributed by atoms with Crippen LogP contribution in [0.1, 0.15) is 43.4 Å². The van der Waals surface area contributed by atoms with E-state index < -0.39 is 0 Å². The summed E-state index contributed by atoms with van der Waals surface area (Å²) in [5, 5.41) is 3.76. The largest absolute Gasteiger partial charge is 0.367 e. The summed E-state index contributed by atoms with van der Waals surface area (Å²) in [4.78, 5) is 12.5. The van der Waals surface area contributed by atoms with Crippen LogP contribution in [0, 0.1) is 13.8 Å². The molecule has 0 aliphatic heterocycles. The predicted octanol–water partition coefficient (Wildman–Crippen LogP) is 4.09. The molecule has 0 spiro atoms. The quantitative estimate of drug-likeness (QED) is 0.766. The molecule has 3 aromatic rings. The third kappa shape index (κ3) is 2.60. The number of aryl methyl sites for hydroxylation is 2. The number of H-pyrrole nitrogens is 1. The summed E-state index contributed by atoms with van der Waals surface area (Å²) in [6.45, 7) is 4.16. The van der Waals surface area contributed by atoms with E-state index in [-0.39, 0.29) is 0 Å². The lowest BCUT2D eigenvalue weighted by molar-refractivity contribution is 0.461. The summed E-state index contributed by atoms with van der Waals surface area (Å²) in [6, 6.07) is 4.71. The fourth-order valence-electron chi connectivity index (χ4n) is 3.49. The molecule has 2 N–H and O–H groups in total. The zero-order chi connectivity index (χ0) is 15.8. The minimum Gasteiger partial charge on any atom is -0.367 e. The molecule has 5 heteroatoms. The van der Waals surface area contributed by atoms with Crippen molar-refractivity contribution < 1.29 is 0 Å². The molecule has 0 radical (unpaired) electrons. The standard InChI is InChI=1S/C18H23N5/c1-12-8-9-15-22-17(16-13(2)19-11-20-16)18(23(15)10-12)21-14-6-4-3-5-7-14/h8-11,14,21H,3-7H2,1-2H3,(H,19,20). The summed E-state index contributed by atoms with van der Waals surface area (Å²) < 4.78 is 2.17. The van der Waals surface area contributed by atoms with Crippen molar-refractivity contribution in [2.75, 3.05) is 5.32 Å². The number of hydrogen-bond donors (Lipinski definition) is 2. The number of nitrogens with one attached hydrogen (secondary N) is 2. The molecule has 23 heavy (non-hydrogen) atoms. The molecule has 0 saturated heterocycles. The lowest BCUT2D eigenvalue weighted by atomic mass is 9.95. The Balaban J connectivity index is 1.84. The second-order valence-electron chi connectivity index (χ2n) is 6.60. The lowest BCUT2D eigenvalue weighted by Gasteiger charge is -2.24. The first-order valence-electron chi connectivity index (χ1n) is 8.48. The van der Waals surface area contributed by atoms with E-state index >= 15 is 0 Å².